The fourth-order valence-corrected chi connectivity index (χ4v) is 5.85. The minimum absolute atomic E-state index is 0.144. The molecule has 0 spiro atoms. The van der Waals surface area contributed by atoms with Crippen molar-refractivity contribution in [1.82, 2.24) is 9.78 Å². The molecule has 1 fully saturated rings. The van der Waals surface area contributed by atoms with Gasteiger partial charge in [-0.3, -0.25) is 9.48 Å². The van der Waals surface area contributed by atoms with E-state index >= 15 is 0 Å². The van der Waals surface area contributed by atoms with Gasteiger partial charge in [-0.25, -0.2) is 0 Å². The second-order valence-corrected chi connectivity index (χ2v) is 8.11. The number of hydrogen-bond donors (Lipinski definition) is 0. The molecule has 0 aromatic carbocycles. The maximum Gasteiger partial charge on any atom is 0.152 e. The smallest absolute Gasteiger partial charge is 0.152 e. The first kappa shape index (κ1) is 15.4. The van der Waals surface area contributed by atoms with Gasteiger partial charge in [-0.15, -0.1) is 11.8 Å². The maximum absolute atomic E-state index is 12.6. The topological polar surface area (TPSA) is 34.9 Å². The first-order chi connectivity index (χ1) is 9.04. The standard InChI is InChI=1S/C13H19BrN2OS2/c1-4-11-13(19-6-5-18-11)10(17)7-9-12(14)8(2)15-16(9)3/h11,13H,4-7H2,1-3H3. The van der Waals surface area contributed by atoms with E-state index < -0.39 is 0 Å². The van der Waals surface area contributed by atoms with Gasteiger partial charge in [0.15, 0.2) is 5.78 Å². The van der Waals surface area contributed by atoms with Gasteiger partial charge in [0.2, 0.25) is 0 Å². The SMILES string of the molecule is CCC1SCCSC1C(=O)Cc1c(Br)c(C)nn1C. The third-order valence-corrected chi connectivity index (χ3v) is 7.70. The normalized spacial score (nSPS) is 23.6. The largest absolute Gasteiger partial charge is 0.298 e. The molecule has 1 saturated heterocycles. The van der Waals surface area contributed by atoms with E-state index in [0.717, 1.165) is 28.0 Å². The average molecular weight is 363 g/mol. The van der Waals surface area contributed by atoms with Gasteiger partial charge in [-0.2, -0.15) is 16.9 Å². The molecule has 2 rings (SSSR count). The summed E-state index contributed by atoms with van der Waals surface area (Å²) in [5.41, 5.74) is 1.94. The predicted octanol–water partition coefficient (Wildman–Crippen LogP) is 3.23. The molecule has 0 aliphatic carbocycles. The molecule has 2 atom stereocenters. The van der Waals surface area contributed by atoms with Crippen LogP contribution in [0.5, 0.6) is 0 Å². The molecule has 19 heavy (non-hydrogen) atoms. The molecule has 1 aromatic rings. The highest BCUT2D eigenvalue weighted by Crippen LogP contribution is 2.34. The first-order valence-corrected chi connectivity index (χ1v) is 9.37. The number of nitrogens with zero attached hydrogens (tertiary/aromatic N) is 2. The fourth-order valence-electron chi connectivity index (χ4n) is 2.34. The van der Waals surface area contributed by atoms with Crippen LogP contribution in [0.3, 0.4) is 0 Å². The third-order valence-electron chi connectivity index (χ3n) is 3.37. The number of carbonyl (C=O) groups excluding carboxylic acids is 1. The lowest BCUT2D eigenvalue weighted by Gasteiger charge is -2.28. The summed E-state index contributed by atoms with van der Waals surface area (Å²) in [7, 11) is 1.90. The Morgan fingerprint density at radius 3 is 2.74 bits per heavy atom. The fraction of sp³-hybridized carbons (Fsp3) is 0.692. The van der Waals surface area contributed by atoms with Gasteiger partial charge in [0.1, 0.15) is 0 Å². The van der Waals surface area contributed by atoms with Gasteiger partial charge in [0.25, 0.3) is 0 Å². The van der Waals surface area contributed by atoms with E-state index in [4.69, 9.17) is 0 Å². The molecule has 6 heteroatoms. The number of aryl methyl sites for hydroxylation is 2. The van der Waals surface area contributed by atoms with Gasteiger partial charge < -0.3 is 0 Å². The quantitative estimate of drug-likeness (QED) is 0.823. The summed E-state index contributed by atoms with van der Waals surface area (Å²) < 4.78 is 2.80. The predicted molar refractivity (Wildman–Crippen MR) is 87.1 cm³/mol. The summed E-state index contributed by atoms with van der Waals surface area (Å²) >= 11 is 7.31. The Labute approximate surface area is 131 Å². The van der Waals surface area contributed by atoms with Crippen molar-refractivity contribution in [3.63, 3.8) is 0 Å². The average Bonchev–Trinajstić information content (AvgIpc) is 2.65. The Morgan fingerprint density at radius 1 is 1.47 bits per heavy atom. The number of aromatic nitrogens is 2. The minimum atomic E-state index is 0.144. The lowest BCUT2D eigenvalue weighted by Crippen LogP contribution is -2.34. The van der Waals surface area contributed by atoms with E-state index in [0.29, 0.717) is 17.5 Å². The molecule has 1 aliphatic rings. The Morgan fingerprint density at radius 2 is 2.16 bits per heavy atom. The second kappa shape index (κ2) is 6.68. The minimum Gasteiger partial charge on any atom is -0.298 e. The Bertz CT molecular complexity index is 475. The number of Topliss-reactive ketones (excluding diaryl/α,β-unsaturated/α-hetero) is 1. The number of rotatable bonds is 4. The lowest BCUT2D eigenvalue weighted by atomic mass is 10.1. The van der Waals surface area contributed by atoms with Crippen LogP contribution < -0.4 is 0 Å². The second-order valence-electron chi connectivity index (χ2n) is 4.72. The summed E-state index contributed by atoms with van der Waals surface area (Å²) in [6.07, 6.45) is 1.55. The molecule has 1 aliphatic heterocycles. The number of hydrogen-bond acceptors (Lipinski definition) is 4. The molecule has 2 unspecified atom stereocenters. The highest BCUT2D eigenvalue weighted by Gasteiger charge is 2.31. The zero-order chi connectivity index (χ0) is 14.0. The van der Waals surface area contributed by atoms with Crippen molar-refractivity contribution in [3.05, 3.63) is 15.9 Å². The van der Waals surface area contributed by atoms with E-state index in [2.05, 4.69) is 28.0 Å². The van der Waals surface area contributed by atoms with Crippen LogP contribution in [0.1, 0.15) is 24.7 Å². The van der Waals surface area contributed by atoms with Crippen molar-refractivity contribution in [2.75, 3.05) is 11.5 Å². The van der Waals surface area contributed by atoms with Crippen molar-refractivity contribution < 1.29 is 4.79 Å². The van der Waals surface area contributed by atoms with E-state index in [1.54, 1.807) is 0 Å². The lowest BCUT2D eigenvalue weighted by molar-refractivity contribution is -0.118. The van der Waals surface area contributed by atoms with E-state index in [1.165, 1.54) is 5.75 Å². The van der Waals surface area contributed by atoms with Gasteiger partial charge >= 0.3 is 0 Å². The molecule has 0 N–H and O–H groups in total. The molecule has 106 valence electrons. The summed E-state index contributed by atoms with van der Waals surface area (Å²) in [6, 6.07) is 0. The zero-order valence-electron chi connectivity index (χ0n) is 11.5. The van der Waals surface area contributed by atoms with Gasteiger partial charge in [0.05, 0.1) is 27.5 Å². The zero-order valence-corrected chi connectivity index (χ0v) is 14.7. The first-order valence-electron chi connectivity index (χ1n) is 6.48. The third kappa shape index (κ3) is 3.39. The highest BCUT2D eigenvalue weighted by atomic mass is 79.9. The van der Waals surface area contributed by atoms with Crippen LogP contribution in [-0.2, 0) is 18.3 Å². The van der Waals surface area contributed by atoms with Crippen LogP contribution in [0.15, 0.2) is 4.47 Å². The van der Waals surface area contributed by atoms with E-state index in [9.17, 15) is 4.79 Å². The van der Waals surface area contributed by atoms with Crippen LogP contribution in [0.2, 0.25) is 0 Å². The summed E-state index contributed by atoms with van der Waals surface area (Å²) in [4.78, 5) is 12.6. The monoisotopic (exact) mass is 362 g/mol. The van der Waals surface area contributed by atoms with Crippen molar-refractivity contribution in [2.24, 2.45) is 7.05 Å². The number of ketones is 1. The maximum atomic E-state index is 12.6. The molecule has 2 heterocycles. The van der Waals surface area contributed by atoms with Gasteiger partial charge in [-0.1, -0.05) is 6.92 Å². The molecular weight excluding hydrogens is 344 g/mol. The van der Waals surface area contributed by atoms with Crippen molar-refractivity contribution >= 4 is 45.2 Å². The number of halogens is 1. The summed E-state index contributed by atoms with van der Waals surface area (Å²) in [5.74, 6) is 2.60. The van der Waals surface area contributed by atoms with E-state index in [-0.39, 0.29) is 5.25 Å². The molecule has 0 radical (unpaired) electrons. The highest BCUT2D eigenvalue weighted by molar-refractivity contribution is 9.10. The Kier molecular flexibility index (Phi) is 5.43. The molecular formula is C13H19BrN2OS2. The van der Waals surface area contributed by atoms with Gasteiger partial charge in [0, 0.05) is 23.8 Å². The summed E-state index contributed by atoms with van der Waals surface area (Å²) in [6.45, 7) is 4.13. The Hall–Kier alpha value is 0.0600. The van der Waals surface area contributed by atoms with Crippen molar-refractivity contribution in [2.45, 2.75) is 37.2 Å². The molecule has 0 amide bonds. The molecule has 3 nitrogen and oxygen atoms in total. The van der Waals surface area contributed by atoms with Crippen LogP contribution in [0.4, 0.5) is 0 Å². The van der Waals surface area contributed by atoms with Crippen LogP contribution >= 0.6 is 39.5 Å². The van der Waals surface area contributed by atoms with Crippen molar-refractivity contribution in [1.29, 1.82) is 0 Å². The molecule has 0 bridgehead atoms. The van der Waals surface area contributed by atoms with Crippen molar-refractivity contribution in [3.8, 4) is 0 Å². The van der Waals surface area contributed by atoms with E-state index in [1.807, 2.05) is 42.2 Å². The molecule has 0 saturated carbocycles. The van der Waals surface area contributed by atoms with Crippen LogP contribution in [0.25, 0.3) is 0 Å². The van der Waals surface area contributed by atoms with Crippen LogP contribution in [0, 0.1) is 6.92 Å². The molecule has 1 aromatic heterocycles. The number of thioether (sulfide) groups is 2. The van der Waals surface area contributed by atoms with Gasteiger partial charge in [-0.05, 0) is 29.3 Å². The Balaban J connectivity index is 2.11. The van der Waals surface area contributed by atoms with Crippen LogP contribution in [-0.4, -0.2) is 37.6 Å². The number of carbonyl (C=O) groups is 1. The summed E-state index contributed by atoms with van der Waals surface area (Å²) in [5, 5.41) is 4.97.